The van der Waals surface area contributed by atoms with Crippen molar-refractivity contribution in [2.75, 3.05) is 0 Å². The molecular formula is C41H26Cl8Zr. The van der Waals surface area contributed by atoms with E-state index in [2.05, 4.69) is 103 Å². The Morgan fingerprint density at radius 2 is 1.12 bits per heavy atom. The first-order chi connectivity index (χ1) is 23.1. The van der Waals surface area contributed by atoms with Gasteiger partial charge in [0.25, 0.3) is 0 Å². The van der Waals surface area contributed by atoms with Gasteiger partial charge in [0.15, 0.2) is 0 Å². The largest absolute Gasteiger partial charge is 1.00 e. The minimum atomic E-state index is -3.11. The monoisotopic (exact) mass is 888 g/mol. The molecule has 6 aromatic carbocycles. The molecule has 2 aliphatic carbocycles. The van der Waals surface area contributed by atoms with Crippen molar-refractivity contribution in [3.05, 3.63) is 173 Å². The Morgan fingerprint density at radius 1 is 0.580 bits per heavy atom. The normalized spacial score (nSPS) is 13.4. The van der Waals surface area contributed by atoms with E-state index >= 15 is 0 Å². The fourth-order valence-electron chi connectivity index (χ4n) is 7.43. The third kappa shape index (κ3) is 6.94. The molecule has 8 rings (SSSR count). The van der Waals surface area contributed by atoms with Crippen molar-refractivity contribution in [1.82, 2.24) is 0 Å². The number of allylic oxidation sites excluding steroid dienone is 4. The average molecular weight is 894 g/mol. The second kappa shape index (κ2) is 15.0. The first-order valence-electron chi connectivity index (χ1n) is 15.6. The van der Waals surface area contributed by atoms with Crippen LogP contribution in [0.2, 0.25) is 3.63 Å². The van der Waals surface area contributed by atoms with E-state index < -0.39 is 28.9 Å². The summed E-state index contributed by atoms with van der Waals surface area (Å²) in [7, 11) is 0. The van der Waals surface area contributed by atoms with Crippen molar-refractivity contribution in [2.24, 2.45) is 0 Å². The van der Waals surface area contributed by atoms with Crippen LogP contribution in [0.1, 0.15) is 33.4 Å². The maximum atomic E-state index is 6.49. The maximum absolute atomic E-state index is 6.49. The predicted molar refractivity (Wildman–Crippen MR) is 206 cm³/mol. The summed E-state index contributed by atoms with van der Waals surface area (Å²) in [5.41, 5.74) is 8.68. The Morgan fingerprint density at radius 3 is 1.74 bits per heavy atom. The predicted octanol–water partition coefficient (Wildman–Crippen LogP) is 6.65. The van der Waals surface area contributed by atoms with Gasteiger partial charge >= 0.3 is 321 Å². The smallest absolute Gasteiger partial charge is 1.00 e. The van der Waals surface area contributed by atoms with Crippen LogP contribution in [-0.2, 0) is 35.3 Å². The van der Waals surface area contributed by atoms with Crippen molar-refractivity contribution in [1.29, 1.82) is 0 Å². The number of halogens is 8. The summed E-state index contributed by atoms with van der Waals surface area (Å²) in [6.07, 6.45) is 9.91. The summed E-state index contributed by atoms with van der Waals surface area (Å²) in [6, 6.07) is 40.5. The van der Waals surface area contributed by atoms with E-state index in [1.165, 1.54) is 50.3 Å². The van der Waals surface area contributed by atoms with Gasteiger partial charge in [-0.15, -0.1) is 0 Å². The maximum Gasteiger partial charge on any atom is -1.00 e. The zero-order valence-corrected chi connectivity index (χ0v) is 34.6. The van der Waals surface area contributed by atoms with Gasteiger partial charge in [0.2, 0.25) is 0 Å². The van der Waals surface area contributed by atoms with Gasteiger partial charge in [0, 0.05) is 0 Å². The van der Waals surface area contributed by atoms with Gasteiger partial charge in [0.05, 0.1) is 0 Å². The molecule has 6 aromatic rings. The molecule has 0 saturated heterocycles. The Labute approximate surface area is 342 Å². The van der Waals surface area contributed by atoms with Crippen LogP contribution >= 0.6 is 69.6 Å². The quantitative estimate of drug-likeness (QED) is 0.137. The summed E-state index contributed by atoms with van der Waals surface area (Å²) in [6.45, 7) is 0. The third-order valence-corrected chi connectivity index (χ3v) is 18.5. The molecule has 50 heavy (non-hydrogen) atoms. The first kappa shape index (κ1) is 38.1. The second-order valence-electron chi connectivity index (χ2n) is 12.2. The average Bonchev–Trinajstić information content (AvgIpc) is 3.75. The fraction of sp³-hybridized carbons (Fsp3) is 0.0976. The zero-order valence-electron chi connectivity index (χ0n) is 26.1. The van der Waals surface area contributed by atoms with E-state index in [-0.39, 0.29) is 28.4 Å². The van der Waals surface area contributed by atoms with E-state index in [0.717, 1.165) is 17.5 Å². The van der Waals surface area contributed by atoms with Crippen molar-refractivity contribution in [3.8, 4) is 11.1 Å². The zero-order chi connectivity index (χ0) is 33.2. The molecule has 0 nitrogen and oxygen atoms in total. The van der Waals surface area contributed by atoms with Crippen molar-refractivity contribution in [3.63, 3.8) is 0 Å². The van der Waals surface area contributed by atoms with Crippen LogP contribution in [0.15, 0.2) is 140 Å². The van der Waals surface area contributed by atoms with Gasteiger partial charge < -0.3 is 24.8 Å². The standard InChI is InChI=1S/C21H13.C15H8Cl6.C5H5.2ClH.Zr/c1-2-8-15-14(7-1)13-20-18-11-4-3-9-16(18)17-10-5-6-12-19(17)21(15)20;16-14(17,18)12-5-1-3-10(8-12)7-11-4-2-6-13(9-11)15(19,20)21;1-2-4-5-3-1;;;/h1-10,12H,13H2;1-6,8-9H;1-5H;2*1H;/q;;;;;+2/p-2. The number of alkyl halides is 6. The van der Waals surface area contributed by atoms with Crippen LogP contribution in [0.5, 0.6) is 0 Å². The molecule has 0 aliphatic heterocycles. The molecular weight excluding hydrogens is 867 g/mol. The summed E-state index contributed by atoms with van der Waals surface area (Å²) in [5, 5.41) is 5.20. The van der Waals surface area contributed by atoms with Crippen molar-refractivity contribution >= 4 is 97.6 Å². The minimum absolute atomic E-state index is 0. The summed E-state index contributed by atoms with van der Waals surface area (Å²) in [5.74, 6) is 0. The van der Waals surface area contributed by atoms with Crippen molar-refractivity contribution in [2.45, 2.75) is 17.6 Å². The second-order valence-corrected chi connectivity index (χ2v) is 23.0. The first-order valence-corrected chi connectivity index (χ1v) is 21.7. The molecule has 0 saturated carbocycles. The van der Waals surface area contributed by atoms with Gasteiger partial charge in [0.1, 0.15) is 0 Å². The van der Waals surface area contributed by atoms with E-state index in [4.69, 9.17) is 69.6 Å². The fourth-order valence-corrected chi connectivity index (χ4v) is 16.3. The molecule has 0 fully saturated rings. The Bertz CT molecular complexity index is 2290. The van der Waals surface area contributed by atoms with E-state index in [9.17, 15) is 0 Å². The van der Waals surface area contributed by atoms with Crippen LogP contribution in [0, 0.1) is 0 Å². The molecule has 9 heteroatoms. The van der Waals surface area contributed by atoms with Crippen LogP contribution < -0.4 is 28.1 Å². The molecule has 0 N–H and O–H groups in total. The van der Waals surface area contributed by atoms with Crippen LogP contribution in [0.3, 0.4) is 0 Å². The Hall–Kier alpha value is -1.61. The Kier molecular flexibility index (Phi) is 11.5. The van der Waals surface area contributed by atoms with Gasteiger partial charge in [-0.2, -0.15) is 0 Å². The molecule has 0 aromatic heterocycles. The molecule has 250 valence electrons. The number of hydrogen-bond donors (Lipinski definition) is 0. The van der Waals surface area contributed by atoms with Crippen LogP contribution in [0.4, 0.5) is 0 Å². The molecule has 2 aliphatic rings. The van der Waals surface area contributed by atoms with Gasteiger partial charge in [-0.25, -0.2) is 0 Å². The Balaban J connectivity index is 0.00000216. The molecule has 0 amide bonds. The third-order valence-electron chi connectivity index (χ3n) is 9.41. The molecule has 0 unspecified atom stereocenters. The summed E-state index contributed by atoms with van der Waals surface area (Å²) in [4.78, 5) is 0. The van der Waals surface area contributed by atoms with Gasteiger partial charge in [-0.3, -0.25) is 0 Å². The van der Waals surface area contributed by atoms with E-state index in [1.807, 2.05) is 36.4 Å². The number of fused-ring (bicyclic) bond motifs is 8. The molecule has 0 radical (unpaired) electrons. The van der Waals surface area contributed by atoms with Crippen molar-refractivity contribution < 1.29 is 46.1 Å². The minimum Gasteiger partial charge on any atom is -1.00 e. The molecule has 0 bridgehead atoms. The van der Waals surface area contributed by atoms with Gasteiger partial charge in [-0.1, -0.05) is 0 Å². The SMILES string of the molecule is ClC(Cl)(Cl)c1cccc([C](c2cccc(C(Cl)(Cl)Cl)c2)=[Zr+2]([c]2cccc3c2c2c(c4ccccc43)-c3ccccc3C2)[CH]2C=CC=C2)c1.[Cl-].[Cl-]. The number of rotatable bonds is 4. The summed E-state index contributed by atoms with van der Waals surface area (Å²) < 4.78 is -0.272. The summed E-state index contributed by atoms with van der Waals surface area (Å²) >= 11 is 35.9. The van der Waals surface area contributed by atoms with E-state index in [1.54, 1.807) is 0 Å². The van der Waals surface area contributed by atoms with Crippen LogP contribution in [0.25, 0.3) is 32.7 Å². The van der Waals surface area contributed by atoms with Gasteiger partial charge in [-0.05, 0) is 0 Å². The topological polar surface area (TPSA) is 0 Å². The number of benzene rings is 6. The van der Waals surface area contributed by atoms with E-state index in [0.29, 0.717) is 11.1 Å². The molecule has 0 spiro atoms. The molecule has 0 heterocycles. The number of hydrogen-bond acceptors (Lipinski definition) is 0. The van der Waals surface area contributed by atoms with Crippen LogP contribution in [-0.4, -0.2) is 3.21 Å². The molecule has 0 atom stereocenters.